The highest BCUT2D eigenvalue weighted by Gasteiger charge is 2.42. The van der Waals surface area contributed by atoms with Gasteiger partial charge in [0.05, 0.1) is 11.5 Å². The Bertz CT molecular complexity index is 355. The van der Waals surface area contributed by atoms with Gasteiger partial charge in [-0.05, 0) is 56.3 Å². The molecule has 4 atom stereocenters. The van der Waals surface area contributed by atoms with Gasteiger partial charge in [-0.25, -0.2) is 0 Å². The van der Waals surface area contributed by atoms with E-state index in [1.54, 1.807) is 0 Å². The minimum absolute atomic E-state index is 0.0466. The first kappa shape index (κ1) is 17.8. The monoisotopic (exact) mass is 303 g/mol. The van der Waals surface area contributed by atoms with Gasteiger partial charge in [0.25, 0.3) is 0 Å². The van der Waals surface area contributed by atoms with Gasteiger partial charge in [0.15, 0.2) is 0 Å². The molecule has 2 saturated carbocycles. The summed E-state index contributed by atoms with van der Waals surface area (Å²) < 4.78 is 0. The van der Waals surface area contributed by atoms with E-state index in [-0.39, 0.29) is 5.41 Å². The van der Waals surface area contributed by atoms with Gasteiger partial charge >= 0.3 is 0 Å². The van der Waals surface area contributed by atoms with Gasteiger partial charge in [-0.15, -0.1) is 0 Å². The summed E-state index contributed by atoms with van der Waals surface area (Å²) in [4.78, 5) is 0. The summed E-state index contributed by atoms with van der Waals surface area (Å²) in [6.45, 7) is 4.60. The first-order valence-electron chi connectivity index (χ1n) is 10.1. The molecule has 0 aliphatic heterocycles. The lowest BCUT2D eigenvalue weighted by atomic mass is 9.58. The van der Waals surface area contributed by atoms with Crippen molar-refractivity contribution in [2.45, 2.75) is 104 Å². The van der Waals surface area contributed by atoms with E-state index < -0.39 is 0 Å². The lowest BCUT2D eigenvalue weighted by molar-refractivity contribution is 0.0620. The fourth-order valence-corrected chi connectivity index (χ4v) is 5.23. The number of rotatable bonds is 8. The second kappa shape index (κ2) is 8.95. The van der Waals surface area contributed by atoms with Crippen LogP contribution in [0, 0.1) is 34.5 Å². The van der Waals surface area contributed by atoms with Gasteiger partial charge < -0.3 is 0 Å². The minimum atomic E-state index is 0.0466. The summed E-state index contributed by atoms with van der Waals surface area (Å²) in [7, 11) is 0. The van der Waals surface area contributed by atoms with E-state index in [0.29, 0.717) is 0 Å². The van der Waals surface area contributed by atoms with Crippen LogP contribution in [0.5, 0.6) is 0 Å². The molecule has 22 heavy (non-hydrogen) atoms. The molecular formula is C21H37N. The van der Waals surface area contributed by atoms with Crippen molar-refractivity contribution in [2.24, 2.45) is 23.2 Å². The molecule has 0 amide bonds. The van der Waals surface area contributed by atoms with Crippen molar-refractivity contribution in [2.75, 3.05) is 0 Å². The van der Waals surface area contributed by atoms with Crippen LogP contribution in [0.25, 0.3) is 0 Å². The Morgan fingerprint density at radius 2 is 1.77 bits per heavy atom. The van der Waals surface area contributed by atoms with E-state index in [9.17, 15) is 5.26 Å². The lowest BCUT2D eigenvalue weighted by Gasteiger charge is -2.45. The molecule has 0 aromatic rings. The predicted molar refractivity (Wildman–Crippen MR) is 94.5 cm³/mol. The van der Waals surface area contributed by atoms with Gasteiger partial charge in [-0.3, -0.25) is 0 Å². The van der Waals surface area contributed by atoms with Crippen LogP contribution in [0.3, 0.4) is 0 Å². The zero-order valence-electron chi connectivity index (χ0n) is 15.1. The zero-order chi connectivity index (χ0) is 15.8. The SMILES string of the molecule is CCCCCCC[C@@]1(C#N)CC[C@@H]2C[C@H](CCC)CCC2C1. The molecule has 126 valence electrons. The zero-order valence-corrected chi connectivity index (χ0v) is 15.1. The molecule has 2 aliphatic carbocycles. The van der Waals surface area contributed by atoms with Crippen LogP contribution in [-0.2, 0) is 0 Å². The van der Waals surface area contributed by atoms with Gasteiger partial charge in [0.1, 0.15) is 0 Å². The number of fused-ring (bicyclic) bond motifs is 1. The molecule has 0 radical (unpaired) electrons. The second-order valence-electron chi connectivity index (χ2n) is 8.29. The molecule has 0 bridgehead atoms. The highest BCUT2D eigenvalue weighted by atomic mass is 14.5. The van der Waals surface area contributed by atoms with Crippen molar-refractivity contribution in [3.8, 4) is 6.07 Å². The molecule has 0 heterocycles. The Morgan fingerprint density at radius 1 is 0.955 bits per heavy atom. The van der Waals surface area contributed by atoms with Crippen molar-refractivity contribution in [3.63, 3.8) is 0 Å². The standard InChI is InChI=1S/C21H37N/c1-3-5-6-7-8-13-21(17-22)14-12-19-15-18(9-4-2)10-11-20(19)16-21/h18-20H,3-16H2,1-2H3/t18-,19-,20?,21-/m1/s1. The third-order valence-electron chi connectivity index (χ3n) is 6.59. The smallest absolute Gasteiger partial charge is 0.0689 e. The Kier molecular flexibility index (Phi) is 7.26. The summed E-state index contributed by atoms with van der Waals surface area (Å²) in [5.74, 6) is 2.82. The van der Waals surface area contributed by atoms with E-state index in [2.05, 4.69) is 19.9 Å². The van der Waals surface area contributed by atoms with Crippen LogP contribution in [0.1, 0.15) is 104 Å². The highest BCUT2D eigenvalue weighted by Crippen LogP contribution is 2.51. The molecule has 0 aromatic carbocycles. The van der Waals surface area contributed by atoms with Gasteiger partial charge in [0.2, 0.25) is 0 Å². The van der Waals surface area contributed by atoms with Crippen LogP contribution in [0.4, 0.5) is 0 Å². The highest BCUT2D eigenvalue weighted by molar-refractivity contribution is 5.04. The van der Waals surface area contributed by atoms with Crippen LogP contribution in [-0.4, -0.2) is 0 Å². The van der Waals surface area contributed by atoms with Gasteiger partial charge in [0, 0.05) is 0 Å². The number of hydrogen-bond acceptors (Lipinski definition) is 1. The minimum Gasteiger partial charge on any atom is -0.198 e. The topological polar surface area (TPSA) is 23.8 Å². The normalized spacial score (nSPS) is 34.9. The summed E-state index contributed by atoms with van der Waals surface area (Å²) >= 11 is 0. The number of nitrogens with zero attached hydrogens (tertiary/aromatic N) is 1. The fourth-order valence-electron chi connectivity index (χ4n) is 5.23. The van der Waals surface area contributed by atoms with Crippen LogP contribution in [0.15, 0.2) is 0 Å². The van der Waals surface area contributed by atoms with Crippen molar-refractivity contribution in [1.82, 2.24) is 0 Å². The summed E-state index contributed by atoms with van der Waals surface area (Å²) in [5, 5.41) is 9.82. The quantitative estimate of drug-likeness (QED) is 0.449. The van der Waals surface area contributed by atoms with E-state index in [1.165, 1.54) is 89.9 Å². The average molecular weight is 304 g/mol. The van der Waals surface area contributed by atoms with Crippen LogP contribution < -0.4 is 0 Å². The molecule has 0 saturated heterocycles. The van der Waals surface area contributed by atoms with E-state index in [4.69, 9.17) is 0 Å². The van der Waals surface area contributed by atoms with E-state index in [0.717, 1.165) is 17.8 Å². The molecule has 1 unspecified atom stereocenters. The molecule has 0 spiro atoms. The molecule has 2 rings (SSSR count). The first-order chi connectivity index (χ1) is 10.7. The molecular weight excluding hydrogens is 266 g/mol. The third kappa shape index (κ3) is 4.74. The Labute approximate surface area is 138 Å². The Hall–Kier alpha value is -0.510. The lowest BCUT2D eigenvalue weighted by Crippen LogP contribution is -2.36. The predicted octanol–water partition coefficient (Wildman–Crippen LogP) is 6.87. The molecule has 0 N–H and O–H groups in total. The number of hydrogen-bond donors (Lipinski definition) is 0. The maximum Gasteiger partial charge on any atom is 0.0689 e. The summed E-state index contributed by atoms with van der Waals surface area (Å²) in [5.41, 5.74) is 0.0466. The van der Waals surface area contributed by atoms with Crippen molar-refractivity contribution >= 4 is 0 Å². The first-order valence-corrected chi connectivity index (χ1v) is 10.1. The summed E-state index contributed by atoms with van der Waals surface area (Å²) in [6.07, 6.45) is 18.7. The molecule has 1 heteroatoms. The van der Waals surface area contributed by atoms with Crippen molar-refractivity contribution in [1.29, 1.82) is 5.26 Å². The maximum atomic E-state index is 9.82. The molecule has 0 aromatic heterocycles. The number of unbranched alkanes of at least 4 members (excludes halogenated alkanes) is 4. The third-order valence-corrected chi connectivity index (χ3v) is 6.59. The van der Waals surface area contributed by atoms with Crippen LogP contribution in [0.2, 0.25) is 0 Å². The average Bonchev–Trinajstić information content (AvgIpc) is 2.55. The summed E-state index contributed by atoms with van der Waals surface area (Å²) in [6, 6.07) is 2.78. The van der Waals surface area contributed by atoms with Crippen molar-refractivity contribution in [3.05, 3.63) is 0 Å². The van der Waals surface area contributed by atoms with Crippen LogP contribution >= 0.6 is 0 Å². The van der Waals surface area contributed by atoms with Gasteiger partial charge in [-0.1, -0.05) is 65.2 Å². The fraction of sp³-hybridized carbons (Fsp3) is 0.952. The van der Waals surface area contributed by atoms with E-state index in [1.807, 2.05) is 0 Å². The molecule has 2 fully saturated rings. The Balaban J connectivity index is 1.80. The maximum absolute atomic E-state index is 9.82. The van der Waals surface area contributed by atoms with E-state index >= 15 is 0 Å². The Morgan fingerprint density at radius 3 is 2.50 bits per heavy atom. The van der Waals surface area contributed by atoms with Gasteiger partial charge in [-0.2, -0.15) is 5.26 Å². The second-order valence-corrected chi connectivity index (χ2v) is 8.29. The number of nitriles is 1. The molecule has 1 nitrogen and oxygen atoms in total. The molecule has 2 aliphatic rings. The largest absolute Gasteiger partial charge is 0.198 e. The van der Waals surface area contributed by atoms with Crippen molar-refractivity contribution < 1.29 is 0 Å².